The summed E-state index contributed by atoms with van der Waals surface area (Å²) < 4.78 is 15.3. The van der Waals surface area contributed by atoms with E-state index in [0.29, 0.717) is 24.4 Å². The number of rotatable bonds is 6. The fourth-order valence-electron chi connectivity index (χ4n) is 4.17. The summed E-state index contributed by atoms with van der Waals surface area (Å²) in [7, 11) is 0. The highest BCUT2D eigenvalue weighted by atomic mass is 19.1. The highest BCUT2D eigenvalue weighted by Crippen LogP contribution is 2.27. The second-order valence-corrected chi connectivity index (χ2v) is 7.93. The number of hydrogen-bond acceptors (Lipinski definition) is 2. The van der Waals surface area contributed by atoms with E-state index in [9.17, 15) is 14.0 Å². The van der Waals surface area contributed by atoms with Crippen LogP contribution in [0.3, 0.4) is 0 Å². The van der Waals surface area contributed by atoms with Gasteiger partial charge in [-0.1, -0.05) is 19.8 Å². The molecule has 1 fully saturated rings. The zero-order valence-electron chi connectivity index (χ0n) is 16.9. The molecule has 2 aromatic rings. The number of ketones is 1. The quantitative estimate of drug-likeness (QED) is 0.721. The first-order valence-electron chi connectivity index (χ1n) is 10.1. The predicted octanol–water partition coefficient (Wildman–Crippen LogP) is 4.89. The first-order valence-corrected chi connectivity index (χ1v) is 10.1. The van der Waals surface area contributed by atoms with E-state index in [2.05, 4.69) is 12.2 Å². The molecule has 1 amide bonds. The van der Waals surface area contributed by atoms with E-state index in [0.717, 1.165) is 23.4 Å². The van der Waals surface area contributed by atoms with Gasteiger partial charge in [0, 0.05) is 36.0 Å². The third-order valence-electron chi connectivity index (χ3n) is 5.91. The minimum absolute atomic E-state index is 0.0138. The van der Waals surface area contributed by atoms with Crippen molar-refractivity contribution in [1.29, 1.82) is 0 Å². The molecule has 0 spiro atoms. The molecule has 0 aliphatic heterocycles. The van der Waals surface area contributed by atoms with E-state index < -0.39 is 0 Å². The van der Waals surface area contributed by atoms with E-state index in [4.69, 9.17) is 0 Å². The molecule has 2 atom stereocenters. The van der Waals surface area contributed by atoms with E-state index in [1.807, 2.05) is 17.6 Å². The van der Waals surface area contributed by atoms with Crippen LogP contribution in [0.1, 0.15) is 62.0 Å². The topological polar surface area (TPSA) is 51.1 Å². The van der Waals surface area contributed by atoms with Gasteiger partial charge in [-0.25, -0.2) is 4.39 Å². The Labute approximate surface area is 166 Å². The van der Waals surface area contributed by atoms with E-state index in [1.54, 1.807) is 12.1 Å². The lowest BCUT2D eigenvalue weighted by Gasteiger charge is -2.29. The fraction of sp³-hybridized carbons (Fsp3) is 0.478. The Kier molecular flexibility index (Phi) is 6.32. The van der Waals surface area contributed by atoms with Crippen molar-refractivity contribution in [2.24, 2.45) is 5.92 Å². The molecule has 1 aliphatic rings. The average molecular weight is 384 g/mol. The van der Waals surface area contributed by atoms with Crippen LogP contribution in [-0.4, -0.2) is 22.3 Å². The fourth-order valence-corrected chi connectivity index (χ4v) is 4.17. The Morgan fingerprint density at radius 2 is 1.86 bits per heavy atom. The molecule has 1 aromatic heterocycles. The maximum Gasteiger partial charge on any atom is 0.222 e. The van der Waals surface area contributed by atoms with Gasteiger partial charge in [0.2, 0.25) is 5.91 Å². The van der Waals surface area contributed by atoms with Crippen molar-refractivity contribution < 1.29 is 14.0 Å². The summed E-state index contributed by atoms with van der Waals surface area (Å²) in [6.45, 7) is 6.12. The number of Topliss-reactive ketones (excluding diaryl/α,β-unsaturated/α-hetero) is 1. The Morgan fingerprint density at radius 1 is 1.18 bits per heavy atom. The van der Waals surface area contributed by atoms with Crippen molar-refractivity contribution in [2.45, 2.75) is 65.5 Å². The highest BCUT2D eigenvalue weighted by molar-refractivity contribution is 5.96. The number of nitrogens with one attached hydrogen (secondary N) is 1. The Balaban J connectivity index is 1.77. The lowest BCUT2D eigenvalue weighted by molar-refractivity contribution is -0.122. The first kappa shape index (κ1) is 20.3. The molecule has 28 heavy (non-hydrogen) atoms. The Morgan fingerprint density at radius 3 is 2.50 bits per heavy atom. The molecule has 1 heterocycles. The molecule has 4 nitrogen and oxygen atoms in total. The van der Waals surface area contributed by atoms with E-state index >= 15 is 0 Å². The third kappa shape index (κ3) is 4.51. The number of nitrogens with zero attached hydrogens (tertiary/aromatic N) is 1. The standard InChI is InChI=1S/C23H29FN2O2/c1-15-6-4-5-7-21(15)25-23(28)12-13-26-16(2)20(17(3)27)14-22(26)18-8-10-19(24)11-9-18/h8-11,14-15,21H,4-7,12-13H2,1-3H3,(H,25,28)/t15-,21-/m1/s1. The molecular formula is C23H29FN2O2. The van der Waals surface area contributed by atoms with Crippen molar-refractivity contribution >= 4 is 11.7 Å². The van der Waals surface area contributed by atoms with Crippen LogP contribution in [0.5, 0.6) is 0 Å². The molecule has 0 radical (unpaired) electrons. The van der Waals surface area contributed by atoms with Gasteiger partial charge < -0.3 is 9.88 Å². The Bertz CT molecular complexity index is 854. The molecule has 1 aromatic carbocycles. The zero-order chi connectivity index (χ0) is 20.3. The van der Waals surface area contributed by atoms with Gasteiger partial charge in [0.1, 0.15) is 5.82 Å². The van der Waals surface area contributed by atoms with Gasteiger partial charge in [0.05, 0.1) is 0 Å². The smallest absolute Gasteiger partial charge is 0.222 e. The number of aromatic nitrogens is 1. The monoisotopic (exact) mass is 384 g/mol. The third-order valence-corrected chi connectivity index (χ3v) is 5.91. The number of benzene rings is 1. The van der Waals surface area contributed by atoms with Gasteiger partial charge in [-0.15, -0.1) is 0 Å². The summed E-state index contributed by atoms with van der Waals surface area (Å²) in [5.41, 5.74) is 3.14. The molecule has 0 saturated heterocycles. The normalized spacial score (nSPS) is 19.4. The van der Waals surface area contributed by atoms with Gasteiger partial charge in [0.25, 0.3) is 0 Å². The molecule has 0 bridgehead atoms. The lowest BCUT2D eigenvalue weighted by Crippen LogP contribution is -2.41. The highest BCUT2D eigenvalue weighted by Gasteiger charge is 2.23. The van der Waals surface area contributed by atoms with Gasteiger partial charge >= 0.3 is 0 Å². The van der Waals surface area contributed by atoms with Crippen LogP contribution in [-0.2, 0) is 11.3 Å². The van der Waals surface area contributed by atoms with Crippen LogP contribution < -0.4 is 5.32 Å². The van der Waals surface area contributed by atoms with Crippen molar-refractivity contribution in [3.63, 3.8) is 0 Å². The van der Waals surface area contributed by atoms with E-state index in [1.165, 1.54) is 38.3 Å². The lowest BCUT2D eigenvalue weighted by atomic mass is 9.86. The zero-order valence-corrected chi connectivity index (χ0v) is 16.9. The number of carbonyl (C=O) groups is 2. The Hall–Kier alpha value is -2.43. The van der Waals surface area contributed by atoms with Gasteiger partial charge in [0.15, 0.2) is 5.78 Å². The first-order chi connectivity index (χ1) is 13.4. The summed E-state index contributed by atoms with van der Waals surface area (Å²) in [4.78, 5) is 24.5. The molecule has 0 unspecified atom stereocenters. The number of halogens is 1. The summed E-state index contributed by atoms with van der Waals surface area (Å²) in [6, 6.07) is 8.32. The number of hydrogen-bond donors (Lipinski definition) is 1. The van der Waals surface area contributed by atoms with Crippen LogP contribution in [0, 0.1) is 18.7 Å². The second kappa shape index (κ2) is 8.72. The van der Waals surface area contributed by atoms with Crippen molar-refractivity contribution in [3.8, 4) is 11.3 Å². The van der Waals surface area contributed by atoms with Crippen LogP contribution >= 0.6 is 0 Å². The van der Waals surface area contributed by atoms with Gasteiger partial charge in [-0.3, -0.25) is 9.59 Å². The van der Waals surface area contributed by atoms with Crippen molar-refractivity contribution in [1.82, 2.24) is 9.88 Å². The summed E-state index contributed by atoms with van der Waals surface area (Å²) in [6.07, 6.45) is 4.97. The van der Waals surface area contributed by atoms with Crippen LogP contribution in [0.25, 0.3) is 11.3 Å². The van der Waals surface area contributed by atoms with Gasteiger partial charge in [-0.05, 0) is 68.5 Å². The molecule has 1 N–H and O–H groups in total. The number of amides is 1. The number of carbonyl (C=O) groups excluding carboxylic acids is 2. The largest absolute Gasteiger partial charge is 0.353 e. The molecule has 5 heteroatoms. The summed E-state index contributed by atoms with van der Waals surface area (Å²) >= 11 is 0. The maximum atomic E-state index is 13.3. The van der Waals surface area contributed by atoms with Gasteiger partial charge in [-0.2, -0.15) is 0 Å². The molecule has 1 aliphatic carbocycles. The van der Waals surface area contributed by atoms with Crippen LogP contribution in [0.4, 0.5) is 4.39 Å². The van der Waals surface area contributed by atoms with E-state index in [-0.39, 0.29) is 23.5 Å². The summed E-state index contributed by atoms with van der Waals surface area (Å²) in [5.74, 6) is 0.248. The minimum atomic E-state index is -0.300. The SMILES string of the molecule is CC(=O)c1cc(-c2ccc(F)cc2)n(CCC(=O)N[C@@H]2CCCC[C@H]2C)c1C. The average Bonchev–Trinajstić information content (AvgIpc) is 2.99. The maximum absolute atomic E-state index is 13.3. The molecule has 3 rings (SSSR count). The predicted molar refractivity (Wildman–Crippen MR) is 109 cm³/mol. The van der Waals surface area contributed by atoms with Crippen molar-refractivity contribution in [3.05, 3.63) is 47.4 Å². The molecule has 1 saturated carbocycles. The van der Waals surface area contributed by atoms with Crippen molar-refractivity contribution in [2.75, 3.05) is 0 Å². The summed E-state index contributed by atoms with van der Waals surface area (Å²) in [5, 5.41) is 3.19. The molecule has 150 valence electrons. The molecular weight excluding hydrogens is 355 g/mol. The second-order valence-electron chi connectivity index (χ2n) is 7.93. The minimum Gasteiger partial charge on any atom is -0.353 e. The van der Waals surface area contributed by atoms with Crippen LogP contribution in [0.15, 0.2) is 30.3 Å². The van der Waals surface area contributed by atoms with Crippen LogP contribution in [0.2, 0.25) is 0 Å².